The maximum absolute atomic E-state index is 13.1. The minimum atomic E-state index is -4.21. The van der Waals surface area contributed by atoms with Gasteiger partial charge in [-0.15, -0.1) is 0 Å². The lowest BCUT2D eigenvalue weighted by Crippen LogP contribution is -2.28. The first-order chi connectivity index (χ1) is 12.3. The first kappa shape index (κ1) is 17.2. The molecule has 1 aliphatic heterocycles. The number of alkyl halides is 3. The molecule has 1 aromatic carbocycles. The molecule has 2 aromatic rings. The number of H-pyrrole nitrogens is 1. The van der Waals surface area contributed by atoms with Crippen LogP contribution < -0.4 is 16.4 Å². The number of carbonyl (C=O) groups is 1. The molecular formula is C18H21F3N4O. The van der Waals surface area contributed by atoms with Crippen molar-refractivity contribution in [3.8, 4) is 0 Å². The van der Waals surface area contributed by atoms with E-state index in [1.54, 1.807) is 6.07 Å². The van der Waals surface area contributed by atoms with Crippen molar-refractivity contribution in [1.29, 1.82) is 0 Å². The molecule has 1 fully saturated rings. The molecule has 140 valence electrons. The second-order valence-electron chi connectivity index (χ2n) is 7.17. The van der Waals surface area contributed by atoms with E-state index in [-0.39, 0.29) is 18.9 Å². The number of hydrogen-bond acceptors (Lipinski definition) is 3. The highest BCUT2D eigenvalue weighted by atomic mass is 19.4. The number of aryl methyl sites for hydroxylation is 1. The van der Waals surface area contributed by atoms with E-state index < -0.39 is 18.0 Å². The monoisotopic (exact) mass is 366 g/mol. The summed E-state index contributed by atoms with van der Waals surface area (Å²) in [6.07, 6.45) is -2.93. The third-order valence-electron chi connectivity index (χ3n) is 5.49. The number of fused-ring (bicyclic) bond motifs is 3. The lowest BCUT2D eigenvalue weighted by Gasteiger charge is -2.25. The summed E-state index contributed by atoms with van der Waals surface area (Å²) in [6.45, 7) is 1.76. The summed E-state index contributed by atoms with van der Waals surface area (Å²) in [7, 11) is 0. The number of rotatable bonds is 3. The van der Waals surface area contributed by atoms with Crippen LogP contribution in [0.2, 0.25) is 0 Å². The van der Waals surface area contributed by atoms with Gasteiger partial charge in [0.05, 0.1) is 17.0 Å². The molecule has 4 rings (SSSR count). The number of primary amides is 1. The van der Waals surface area contributed by atoms with Gasteiger partial charge in [0.2, 0.25) is 0 Å². The van der Waals surface area contributed by atoms with Crippen LogP contribution in [0.4, 0.5) is 18.9 Å². The summed E-state index contributed by atoms with van der Waals surface area (Å²) in [5.41, 5.74) is 8.62. The fraction of sp³-hybridized carbons (Fsp3) is 0.500. The molecule has 2 heterocycles. The van der Waals surface area contributed by atoms with Crippen molar-refractivity contribution in [1.82, 2.24) is 10.3 Å². The van der Waals surface area contributed by atoms with Crippen LogP contribution in [0.15, 0.2) is 12.1 Å². The second-order valence-corrected chi connectivity index (χ2v) is 7.17. The molecule has 8 heteroatoms. The number of aromatic nitrogens is 1. The average molecular weight is 366 g/mol. The number of aromatic amines is 1. The first-order valence-electron chi connectivity index (χ1n) is 8.84. The van der Waals surface area contributed by atoms with Gasteiger partial charge in [-0.1, -0.05) is 0 Å². The molecule has 1 aromatic heterocycles. The lowest BCUT2D eigenvalue weighted by atomic mass is 9.86. The zero-order valence-corrected chi connectivity index (χ0v) is 14.2. The lowest BCUT2D eigenvalue weighted by molar-refractivity contribution is -0.177. The van der Waals surface area contributed by atoms with Crippen molar-refractivity contribution >= 4 is 22.5 Å². The third-order valence-corrected chi connectivity index (χ3v) is 5.49. The van der Waals surface area contributed by atoms with Crippen molar-refractivity contribution in [2.75, 3.05) is 18.4 Å². The van der Waals surface area contributed by atoms with Gasteiger partial charge in [0, 0.05) is 29.4 Å². The Balaban J connectivity index is 1.81. The summed E-state index contributed by atoms with van der Waals surface area (Å²) >= 11 is 0. The summed E-state index contributed by atoms with van der Waals surface area (Å²) in [6, 6.07) is 3.71. The zero-order chi connectivity index (χ0) is 18.5. The number of nitrogens with one attached hydrogen (secondary N) is 3. The van der Waals surface area contributed by atoms with Gasteiger partial charge in [-0.25, -0.2) is 0 Å². The van der Waals surface area contributed by atoms with Crippen LogP contribution in [0.3, 0.4) is 0 Å². The van der Waals surface area contributed by atoms with Crippen LogP contribution in [0.25, 0.3) is 10.9 Å². The Bertz CT molecular complexity index is 852. The molecular weight excluding hydrogens is 345 g/mol. The Morgan fingerprint density at radius 2 is 2.08 bits per heavy atom. The van der Waals surface area contributed by atoms with Crippen molar-refractivity contribution < 1.29 is 18.0 Å². The van der Waals surface area contributed by atoms with Crippen LogP contribution >= 0.6 is 0 Å². The minimum Gasteiger partial charge on any atom is -0.380 e. The molecule has 5 N–H and O–H groups in total. The molecule has 1 aliphatic carbocycles. The molecule has 0 spiro atoms. The Labute approximate surface area is 148 Å². The molecule has 26 heavy (non-hydrogen) atoms. The number of hydrogen-bond donors (Lipinski definition) is 4. The number of amides is 1. The predicted octanol–water partition coefficient (Wildman–Crippen LogP) is 2.71. The molecule has 1 unspecified atom stereocenters. The first-order valence-corrected chi connectivity index (χ1v) is 8.84. The fourth-order valence-electron chi connectivity index (χ4n) is 4.14. The van der Waals surface area contributed by atoms with Crippen LogP contribution in [0.1, 0.15) is 34.5 Å². The van der Waals surface area contributed by atoms with E-state index in [0.717, 1.165) is 36.1 Å². The van der Waals surface area contributed by atoms with Gasteiger partial charge >= 0.3 is 6.18 Å². The van der Waals surface area contributed by atoms with Crippen molar-refractivity contribution in [2.45, 2.75) is 37.9 Å². The highest BCUT2D eigenvalue weighted by Gasteiger charge is 2.42. The highest BCUT2D eigenvalue weighted by Crippen LogP contribution is 2.42. The van der Waals surface area contributed by atoms with Gasteiger partial charge in [0.15, 0.2) is 0 Å². The van der Waals surface area contributed by atoms with Gasteiger partial charge in [0.25, 0.3) is 5.91 Å². The van der Waals surface area contributed by atoms with Crippen molar-refractivity contribution in [3.63, 3.8) is 0 Å². The molecule has 2 atom stereocenters. The van der Waals surface area contributed by atoms with Crippen LogP contribution in [-0.4, -0.2) is 36.2 Å². The number of nitrogens with two attached hydrogens (primary N) is 1. The van der Waals surface area contributed by atoms with Crippen molar-refractivity contribution in [2.24, 2.45) is 11.7 Å². The van der Waals surface area contributed by atoms with Crippen LogP contribution in [0.5, 0.6) is 0 Å². The molecule has 2 aliphatic rings. The smallest absolute Gasteiger partial charge is 0.380 e. The van der Waals surface area contributed by atoms with E-state index >= 15 is 0 Å². The van der Waals surface area contributed by atoms with Gasteiger partial charge in [-0.2, -0.15) is 13.2 Å². The molecule has 0 radical (unpaired) electrons. The SMILES string of the molecule is NC(=O)c1ccc(N[C@H]2CCNC2)c2c3c([nH]c12)CC(C(F)(F)F)CC3. The second kappa shape index (κ2) is 6.19. The van der Waals surface area contributed by atoms with E-state index in [4.69, 9.17) is 5.73 Å². The Morgan fingerprint density at radius 1 is 1.27 bits per heavy atom. The van der Waals surface area contributed by atoms with Gasteiger partial charge < -0.3 is 21.4 Å². The van der Waals surface area contributed by atoms with E-state index in [1.165, 1.54) is 0 Å². The maximum atomic E-state index is 13.1. The number of benzene rings is 1. The van der Waals surface area contributed by atoms with Crippen LogP contribution in [-0.2, 0) is 12.8 Å². The largest absolute Gasteiger partial charge is 0.392 e. The Kier molecular flexibility index (Phi) is 4.10. The summed E-state index contributed by atoms with van der Waals surface area (Å²) < 4.78 is 39.4. The zero-order valence-electron chi connectivity index (χ0n) is 14.2. The van der Waals surface area contributed by atoms with Gasteiger partial charge in [-0.3, -0.25) is 4.79 Å². The van der Waals surface area contributed by atoms with E-state index in [2.05, 4.69) is 15.6 Å². The fourth-order valence-corrected chi connectivity index (χ4v) is 4.14. The van der Waals surface area contributed by atoms with Gasteiger partial charge in [-0.05, 0) is 49.9 Å². The quantitative estimate of drug-likeness (QED) is 0.674. The molecule has 5 nitrogen and oxygen atoms in total. The summed E-state index contributed by atoms with van der Waals surface area (Å²) in [5.74, 6) is -1.94. The summed E-state index contributed by atoms with van der Waals surface area (Å²) in [5, 5.41) is 7.56. The predicted molar refractivity (Wildman–Crippen MR) is 93.3 cm³/mol. The van der Waals surface area contributed by atoms with Crippen LogP contribution in [0, 0.1) is 5.92 Å². The Hall–Kier alpha value is -2.22. The molecule has 0 saturated carbocycles. The van der Waals surface area contributed by atoms with E-state index in [1.807, 2.05) is 6.07 Å². The van der Waals surface area contributed by atoms with Gasteiger partial charge in [0.1, 0.15) is 0 Å². The highest BCUT2D eigenvalue weighted by molar-refractivity contribution is 6.10. The molecule has 1 saturated heterocycles. The standard InChI is InChI=1S/C18H21F3N4O/c19-18(20,21)9-1-2-11-14(7-9)25-16-12(17(22)26)3-4-13(15(11)16)24-10-5-6-23-8-10/h3-4,9-10,23-25H,1-2,5-8H2,(H2,22,26)/t9?,10-/m0/s1. The van der Waals surface area contributed by atoms with Crippen molar-refractivity contribution in [3.05, 3.63) is 29.0 Å². The number of carbonyl (C=O) groups excluding carboxylic acids is 1. The average Bonchev–Trinajstić information content (AvgIpc) is 3.20. The number of halogens is 3. The van der Waals surface area contributed by atoms with E-state index in [9.17, 15) is 18.0 Å². The number of anilines is 1. The normalized spacial score (nSPS) is 23.2. The maximum Gasteiger partial charge on any atom is 0.392 e. The topological polar surface area (TPSA) is 82.9 Å². The van der Waals surface area contributed by atoms with E-state index in [0.29, 0.717) is 23.2 Å². The minimum absolute atomic E-state index is 0.0642. The Morgan fingerprint density at radius 3 is 2.73 bits per heavy atom. The third kappa shape index (κ3) is 2.92. The summed E-state index contributed by atoms with van der Waals surface area (Å²) in [4.78, 5) is 14.9. The molecule has 1 amide bonds. The molecule has 0 bridgehead atoms.